The lowest BCUT2D eigenvalue weighted by molar-refractivity contribution is -0.135. The summed E-state index contributed by atoms with van der Waals surface area (Å²) >= 11 is 0. The third-order valence-electron chi connectivity index (χ3n) is 3.29. The molecule has 1 aliphatic carbocycles. The molecule has 0 aromatic heterocycles. The van der Waals surface area contributed by atoms with Gasteiger partial charge in [-0.25, -0.2) is 0 Å². The minimum atomic E-state index is 0.0422. The molecule has 0 atom stereocenters. The molecule has 1 heterocycles. The van der Waals surface area contributed by atoms with Gasteiger partial charge in [0, 0.05) is 5.41 Å². The standard InChI is InChI=1S/C11H18O2/c1-9-3-5-11(2,6-4-9)10-12-7-8-13-10/h10H,1,3-8H2,2H3. The van der Waals surface area contributed by atoms with Crippen molar-refractivity contribution >= 4 is 0 Å². The van der Waals surface area contributed by atoms with Gasteiger partial charge in [-0.2, -0.15) is 0 Å². The Morgan fingerprint density at radius 1 is 1.23 bits per heavy atom. The third kappa shape index (κ3) is 1.79. The van der Waals surface area contributed by atoms with E-state index in [4.69, 9.17) is 9.47 Å². The molecule has 2 fully saturated rings. The highest BCUT2D eigenvalue weighted by molar-refractivity contribution is 5.02. The zero-order valence-corrected chi connectivity index (χ0v) is 8.34. The maximum absolute atomic E-state index is 5.58. The molecule has 2 heteroatoms. The van der Waals surface area contributed by atoms with Gasteiger partial charge in [-0.15, -0.1) is 0 Å². The van der Waals surface area contributed by atoms with E-state index in [-0.39, 0.29) is 11.7 Å². The van der Waals surface area contributed by atoms with Crippen LogP contribution in [-0.2, 0) is 9.47 Å². The number of allylic oxidation sites excluding steroid dienone is 1. The van der Waals surface area contributed by atoms with E-state index in [1.807, 2.05) is 0 Å². The maximum Gasteiger partial charge on any atom is 0.163 e. The normalized spacial score (nSPS) is 29.5. The Labute approximate surface area is 79.9 Å². The van der Waals surface area contributed by atoms with Crippen molar-refractivity contribution in [3.05, 3.63) is 12.2 Å². The number of ether oxygens (including phenoxy) is 2. The molecule has 0 N–H and O–H groups in total. The highest BCUT2D eigenvalue weighted by Gasteiger charge is 2.39. The second kappa shape index (κ2) is 3.43. The number of hydrogen-bond acceptors (Lipinski definition) is 2. The highest BCUT2D eigenvalue weighted by atomic mass is 16.7. The Morgan fingerprint density at radius 3 is 2.31 bits per heavy atom. The average Bonchev–Trinajstić information content (AvgIpc) is 2.63. The molecule has 74 valence electrons. The van der Waals surface area contributed by atoms with Crippen LogP contribution in [0.25, 0.3) is 0 Å². The van der Waals surface area contributed by atoms with Crippen LogP contribution in [0.5, 0.6) is 0 Å². The molecule has 2 nitrogen and oxygen atoms in total. The van der Waals surface area contributed by atoms with Crippen molar-refractivity contribution in [2.75, 3.05) is 13.2 Å². The lowest BCUT2D eigenvalue weighted by atomic mass is 9.74. The first-order valence-corrected chi connectivity index (χ1v) is 5.11. The molecule has 2 rings (SSSR count). The summed E-state index contributed by atoms with van der Waals surface area (Å²) in [5.74, 6) is 0. The van der Waals surface area contributed by atoms with Gasteiger partial charge in [-0.3, -0.25) is 0 Å². The van der Waals surface area contributed by atoms with Crippen LogP contribution in [0.4, 0.5) is 0 Å². The van der Waals surface area contributed by atoms with Gasteiger partial charge in [0.2, 0.25) is 0 Å². The minimum Gasteiger partial charge on any atom is -0.350 e. The first kappa shape index (κ1) is 9.22. The average molecular weight is 182 g/mol. The number of rotatable bonds is 1. The van der Waals surface area contributed by atoms with E-state index in [1.165, 1.54) is 5.57 Å². The second-order valence-corrected chi connectivity index (χ2v) is 4.48. The van der Waals surface area contributed by atoms with Gasteiger partial charge in [0.25, 0.3) is 0 Å². The van der Waals surface area contributed by atoms with E-state index in [2.05, 4.69) is 13.5 Å². The zero-order chi connectivity index (χ0) is 9.31. The molecule has 0 bridgehead atoms. The van der Waals surface area contributed by atoms with Crippen LogP contribution in [0.3, 0.4) is 0 Å². The van der Waals surface area contributed by atoms with Crippen molar-refractivity contribution in [3.8, 4) is 0 Å². The molecule has 0 aromatic rings. The monoisotopic (exact) mass is 182 g/mol. The summed E-state index contributed by atoms with van der Waals surface area (Å²) in [5, 5.41) is 0. The van der Waals surface area contributed by atoms with Crippen molar-refractivity contribution < 1.29 is 9.47 Å². The fraction of sp³-hybridized carbons (Fsp3) is 0.818. The minimum absolute atomic E-state index is 0.0422. The second-order valence-electron chi connectivity index (χ2n) is 4.48. The lowest BCUT2D eigenvalue weighted by Gasteiger charge is -2.37. The summed E-state index contributed by atoms with van der Waals surface area (Å²) < 4.78 is 11.2. The van der Waals surface area contributed by atoms with Crippen LogP contribution in [0.2, 0.25) is 0 Å². The van der Waals surface area contributed by atoms with E-state index < -0.39 is 0 Å². The largest absolute Gasteiger partial charge is 0.350 e. The van der Waals surface area contributed by atoms with Gasteiger partial charge in [0.15, 0.2) is 6.29 Å². The van der Waals surface area contributed by atoms with Crippen molar-refractivity contribution in [3.63, 3.8) is 0 Å². The predicted molar refractivity (Wildman–Crippen MR) is 51.4 cm³/mol. The summed E-state index contributed by atoms with van der Waals surface area (Å²) in [5.41, 5.74) is 1.62. The van der Waals surface area contributed by atoms with Crippen LogP contribution in [0.15, 0.2) is 12.2 Å². The molecule has 0 radical (unpaired) electrons. The first-order chi connectivity index (χ1) is 6.21. The molecule has 0 unspecified atom stereocenters. The Hall–Kier alpha value is -0.340. The molecule has 2 aliphatic rings. The quantitative estimate of drug-likeness (QED) is 0.580. The molecule has 1 saturated carbocycles. The molecular weight excluding hydrogens is 164 g/mol. The fourth-order valence-electron chi connectivity index (χ4n) is 2.17. The Morgan fingerprint density at radius 2 is 1.77 bits per heavy atom. The molecular formula is C11H18O2. The van der Waals surface area contributed by atoms with Gasteiger partial charge in [-0.05, 0) is 25.7 Å². The van der Waals surface area contributed by atoms with Crippen LogP contribution < -0.4 is 0 Å². The lowest BCUT2D eigenvalue weighted by Crippen LogP contribution is -2.35. The van der Waals surface area contributed by atoms with Gasteiger partial charge in [0.1, 0.15) is 0 Å². The predicted octanol–water partition coefficient (Wildman–Crippen LogP) is 2.50. The van der Waals surface area contributed by atoms with Gasteiger partial charge in [0.05, 0.1) is 13.2 Å². The van der Waals surface area contributed by atoms with Crippen LogP contribution in [0.1, 0.15) is 32.6 Å². The van der Waals surface area contributed by atoms with Crippen molar-refractivity contribution in [1.29, 1.82) is 0 Å². The highest BCUT2D eigenvalue weighted by Crippen LogP contribution is 2.42. The number of hydrogen-bond donors (Lipinski definition) is 0. The fourth-order valence-corrected chi connectivity index (χ4v) is 2.17. The van der Waals surface area contributed by atoms with E-state index in [1.54, 1.807) is 0 Å². The van der Waals surface area contributed by atoms with E-state index in [0.717, 1.165) is 38.9 Å². The Kier molecular flexibility index (Phi) is 2.43. The van der Waals surface area contributed by atoms with E-state index in [9.17, 15) is 0 Å². The molecule has 1 saturated heterocycles. The molecule has 13 heavy (non-hydrogen) atoms. The van der Waals surface area contributed by atoms with Crippen molar-refractivity contribution in [1.82, 2.24) is 0 Å². The van der Waals surface area contributed by atoms with E-state index >= 15 is 0 Å². The van der Waals surface area contributed by atoms with Gasteiger partial charge < -0.3 is 9.47 Å². The SMILES string of the molecule is C=C1CCC(C)(C2OCCO2)CC1. The van der Waals surface area contributed by atoms with Crippen molar-refractivity contribution in [2.24, 2.45) is 5.41 Å². The first-order valence-electron chi connectivity index (χ1n) is 5.11. The summed E-state index contributed by atoms with van der Waals surface area (Å²) in [7, 11) is 0. The summed E-state index contributed by atoms with van der Waals surface area (Å²) in [6, 6.07) is 0. The van der Waals surface area contributed by atoms with Crippen LogP contribution >= 0.6 is 0 Å². The Bertz CT molecular complexity index is 194. The Balaban J connectivity index is 1.98. The van der Waals surface area contributed by atoms with Gasteiger partial charge >= 0.3 is 0 Å². The molecule has 0 aromatic carbocycles. The van der Waals surface area contributed by atoms with Crippen LogP contribution in [0, 0.1) is 5.41 Å². The topological polar surface area (TPSA) is 18.5 Å². The van der Waals surface area contributed by atoms with Gasteiger partial charge in [-0.1, -0.05) is 19.1 Å². The van der Waals surface area contributed by atoms with Crippen molar-refractivity contribution in [2.45, 2.75) is 38.9 Å². The summed E-state index contributed by atoms with van der Waals surface area (Å²) in [4.78, 5) is 0. The smallest absolute Gasteiger partial charge is 0.163 e. The molecule has 0 amide bonds. The van der Waals surface area contributed by atoms with E-state index in [0.29, 0.717) is 0 Å². The molecule has 0 spiro atoms. The summed E-state index contributed by atoms with van der Waals surface area (Å²) in [6.07, 6.45) is 4.65. The molecule has 1 aliphatic heterocycles. The van der Waals surface area contributed by atoms with Crippen LogP contribution in [-0.4, -0.2) is 19.5 Å². The zero-order valence-electron chi connectivity index (χ0n) is 8.34. The summed E-state index contributed by atoms with van der Waals surface area (Å²) in [6.45, 7) is 7.83. The maximum atomic E-state index is 5.58. The third-order valence-corrected chi connectivity index (χ3v) is 3.29.